The third-order valence-electron chi connectivity index (χ3n) is 6.23. The molecular weight excluding hydrogens is 420 g/mol. The van der Waals surface area contributed by atoms with Crippen molar-refractivity contribution in [1.82, 2.24) is 9.47 Å². The van der Waals surface area contributed by atoms with Gasteiger partial charge < -0.3 is 14.2 Å². The standard InChI is InChI=1S/C27H31ClN2O2/c28-26-16-8-7-12-23(26)18-29-17-9-15-25(29)19-30(24-13-5-2-6-14-24)27(31)21-32-20-22-10-3-1-4-11-22/h1,3-4,7-12,15-17,24H,2,5-6,13-14,18-21H2. The van der Waals surface area contributed by atoms with Crippen LogP contribution in [0, 0.1) is 0 Å². The number of benzene rings is 2. The molecule has 2 aromatic carbocycles. The zero-order valence-electron chi connectivity index (χ0n) is 18.5. The molecule has 0 atom stereocenters. The predicted octanol–water partition coefficient (Wildman–Crippen LogP) is 6.07. The van der Waals surface area contributed by atoms with Gasteiger partial charge in [0.2, 0.25) is 5.91 Å². The third-order valence-corrected chi connectivity index (χ3v) is 6.60. The normalized spacial score (nSPS) is 14.4. The fraction of sp³-hybridized carbons (Fsp3) is 0.370. The van der Waals surface area contributed by atoms with E-state index in [1.807, 2.05) is 65.6 Å². The Morgan fingerprint density at radius 3 is 2.50 bits per heavy atom. The van der Waals surface area contributed by atoms with Gasteiger partial charge in [-0.15, -0.1) is 0 Å². The van der Waals surface area contributed by atoms with Gasteiger partial charge in [0.25, 0.3) is 0 Å². The van der Waals surface area contributed by atoms with Crippen molar-refractivity contribution in [3.05, 3.63) is 94.8 Å². The minimum Gasteiger partial charge on any atom is -0.367 e. The molecule has 1 amide bonds. The van der Waals surface area contributed by atoms with Crippen LogP contribution >= 0.6 is 11.6 Å². The first-order valence-corrected chi connectivity index (χ1v) is 11.9. The maximum atomic E-state index is 13.3. The second kappa shape index (κ2) is 11.3. The minimum absolute atomic E-state index is 0.0679. The maximum Gasteiger partial charge on any atom is 0.249 e. The lowest BCUT2D eigenvalue weighted by molar-refractivity contribution is -0.140. The molecule has 1 aliphatic rings. The van der Waals surface area contributed by atoms with E-state index in [0.29, 0.717) is 19.7 Å². The Labute approximate surface area is 195 Å². The number of hydrogen-bond acceptors (Lipinski definition) is 2. The molecule has 1 fully saturated rings. The van der Waals surface area contributed by atoms with Crippen molar-refractivity contribution in [3.8, 4) is 0 Å². The summed E-state index contributed by atoms with van der Waals surface area (Å²) in [7, 11) is 0. The molecule has 0 unspecified atom stereocenters. The molecule has 0 saturated heterocycles. The first-order valence-electron chi connectivity index (χ1n) is 11.5. The lowest BCUT2D eigenvalue weighted by atomic mass is 9.94. The molecule has 1 saturated carbocycles. The summed E-state index contributed by atoms with van der Waals surface area (Å²) in [5.74, 6) is 0.0679. The van der Waals surface area contributed by atoms with Crippen LogP contribution in [0.1, 0.15) is 48.9 Å². The molecule has 0 N–H and O–H groups in total. The Balaban J connectivity index is 1.44. The average Bonchev–Trinajstić information content (AvgIpc) is 3.27. The molecule has 1 aromatic heterocycles. The van der Waals surface area contributed by atoms with Crippen LogP contribution in [0.15, 0.2) is 72.9 Å². The fourth-order valence-corrected chi connectivity index (χ4v) is 4.65. The zero-order chi connectivity index (χ0) is 22.2. The predicted molar refractivity (Wildman–Crippen MR) is 129 cm³/mol. The zero-order valence-corrected chi connectivity index (χ0v) is 19.2. The summed E-state index contributed by atoms with van der Waals surface area (Å²) < 4.78 is 7.99. The molecule has 5 heteroatoms. The highest BCUT2D eigenvalue weighted by molar-refractivity contribution is 6.31. The molecule has 3 aromatic rings. The molecular formula is C27H31ClN2O2. The quantitative estimate of drug-likeness (QED) is 0.396. The van der Waals surface area contributed by atoms with Crippen LogP contribution in [0.5, 0.6) is 0 Å². The van der Waals surface area contributed by atoms with Crippen molar-refractivity contribution >= 4 is 17.5 Å². The van der Waals surface area contributed by atoms with E-state index >= 15 is 0 Å². The van der Waals surface area contributed by atoms with Gasteiger partial charge in [0, 0.05) is 29.5 Å². The number of carbonyl (C=O) groups excluding carboxylic acids is 1. The largest absolute Gasteiger partial charge is 0.367 e. The van der Waals surface area contributed by atoms with E-state index in [1.165, 1.54) is 19.3 Å². The first kappa shape index (κ1) is 22.6. The van der Waals surface area contributed by atoms with Gasteiger partial charge in [-0.25, -0.2) is 0 Å². The van der Waals surface area contributed by atoms with Gasteiger partial charge in [-0.3, -0.25) is 4.79 Å². The summed E-state index contributed by atoms with van der Waals surface area (Å²) in [6, 6.07) is 22.3. The van der Waals surface area contributed by atoms with E-state index in [-0.39, 0.29) is 18.6 Å². The van der Waals surface area contributed by atoms with Crippen LogP contribution in [0.25, 0.3) is 0 Å². The molecule has 0 spiro atoms. The van der Waals surface area contributed by atoms with Crippen molar-refractivity contribution < 1.29 is 9.53 Å². The highest BCUT2D eigenvalue weighted by Gasteiger charge is 2.26. The van der Waals surface area contributed by atoms with Gasteiger partial charge >= 0.3 is 0 Å². The van der Waals surface area contributed by atoms with Crippen molar-refractivity contribution in [2.24, 2.45) is 0 Å². The summed E-state index contributed by atoms with van der Waals surface area (Å²) in [6.45, 7) is 1.85. The molecule has 1 heterocycles. The fourth-order valence-electron chi connectivity index (χ4n) is 4.46. The van der Waals surface area contributed by atoms with Crippen LogP contribution in [-0.2, 0) is 29.2 Å². The SMILES string of the molecule is O=C(COCc1ccccc1)N(Cc1cccn1Cc1ccccc1Cl)C1CCCCC1. The van der Waals surface area contributed by atoms with Gasteiger partial charge in [-0.05, 0) is 42.2 Å². The third kappa shape index (κ3) is 6.02. The van der Waals surface area contributed by atoms with E-state index in [4.69, 9.17) is 16.3 Å². The van der Waals surface area contributed by atoms with Gasteiger partial charge in [0.15, 0.2) is 0 Å². The van der Waals surface area contributed by atoms with Crippen LogP contribution < -0.4 is 0 Å². The molecule has 4 nitrogen and oxygen atoms in total. The van der Waals surface area contributed by atoms with E-state index < -0.39 is 0 Å². The summed E-state index contributed by atoms with van der Waals surface area (Å²) in [5.41, 5.74) is 3.28. The Kier molecular flexibility index (Phi) is 8.02. The number of hydrogen-bond donors (Lipinski definition) is 0. The first-order chi connectivity index (χ1) is 15.7. The highest BCUT2D eigenvalue weighted by atomic mass is 35.5. The van der Waals surface area contributed by atoms with Crippen molar-refractivity contribution in [1.29, 1.82) is 0 Å². The highest BCUT2D eigenvalue weighted by Crippen LogP contribution is 2.25. The smallest absolute Gasteiger partial charge is 0.249 e. The monoisotopic (exact) mass is 450 g/mol. The van der Waals surface area contributed by atoms with E-state index in [1.54, 1.807) is 0 Å². The lowest BCUT2D eigenvalue weighted by Gasteiger charge is -2.34. The summed E-state index contributed by atoms with van der Waals surface area (Å²) in [5, 5.41) is 0.765. The van der Waals surface area contributed by atoms with E-state index in [9.17, 15) is 4.79 Å². The van der Waals surface area contributed by atoms with Crippen molar-refractivity contribution in [3.63, 3.8) is 0 Å². The van der Waals surface area contributed by atoms with Gasteiger partial charge in [-0.1, -0.05) is 79.4 Å². The van der Waals surface area contributed by atoms with E-state index in [0.717, 1.165) is 34.7 Å². The molecule has 1 aliphatic carbocycles. The van der Waals surface area contributed by atoms with Crippen LogP contribution in [0.2, 0.25) is 5.02 Å². The van der Waals surface area contributed by atoms with Gasteiger partial charge in [0.05, 0.1) is 13.2 Å². The summed E-state index contributed by atoms with van der Waals surface area (Å²) in [4.78, 5) is 15.3. The van der Waals surface area contributed by atoms with Crippen molar-refractivity contribution in [2.45, 2.75) is 57.8 Å². The minimum atomic E-state index is 0.0679. The Morgan fingerprint density at radius 1 is 0.969 bits per heavy atom. The molecule has 0 aliphatic heterocycles. The number of halogens is 1. The Hall–Kier alpha value is -2.56. The Bertz CT molecular complexity index is 996. The maximum absolute atomic E-state index is 13.3. The molecule has 0 bridgehead atoms. The van der Waals surface area contributed by atoms with Gasteiger partial charge in [-0.2, -0.15) is 0 Å². The number of aromatic nitrogens is 1. The van der Waals surface area contributed by atoms with Gasteiger partial charge in [0.1, 0.15) is 6.61 Å². The summed E-state index contributed by atoms with van der Waals surface area (Å²) >= 11 is 6.38. The Morgan fingerprint density at radius 2 is 1.72 bits per heavy atom. The number of rotatable bonds is 9. The molecule has 168 valence electrons. The second-order valence-electron chi connectivity index (χ2n) is 8.51. The molecule has 4 rings (SSSR count). The molecule has 32 heavy (non-hydrogen) atoms. The second-order valence-corrected chi connectivity index (χ2v) is 8.92. The van der Waals surface area contributed by atoms with Crippen molar-refractivity contribution in [2.75, 3.05) is 6.61 Å². The van der Waals surface area contributed by atoms with Crippen LogP contribution in [0.3, 0.4) is 0 Å². The number of amides is 1. The van der Waals surface area contributed by atoms with E-state index in [2.05, 4.69) is 16.8 Å². The number of nitrogens with zero attached hydrogens (tertiary/aromatic N) is 2. The molecule has 0 radical (unpaired) electrons. The topological polar surface area (TPSA) is 34.5 Å². The van der Waals surface area contributed by atoms with Crippen LogP contribution in [0.4, 0.5) is 0 Å². The lowest BCUT2D eigenvalue weighted by Crippen LogP contribution is -2.43. The van der Waals surface area contributed by atoms with Crippen LogP contribution in [-0.4, -0.2) is 28.0 Å². The number of carbonyl (C=O) groups is 1. The number of ether oxygens (including phenoxy) is 1. The average molecular weight is 451 g/mol. The summed E-state index contributed by atoms with van der Waals surface area (Å²) in [6.07, 6.45) is 7.81.